The standard InChI is InChI=1S/C20H25NO5S/c1-21-17-10-14(6-7-18(17)24-3)13-27(22)9-8-16-19(25-4)11-15(23-2)12-20(16)26-5/h6-12,21H,13H2,1-5H3/b9-8+. The lowest BCUT2D eigenvalue weighted by Gasteiger charge is -2.12. The summed E-state index contributed by atoms with van der Waals surface area (Å²) in [5.74, 6) is 2.92. The molecule has 6 nitrogen and oxygen atoms in total. The highest BCUT2D eigenvalue weighted by atomic mass is 32.2. The van der Waals surface area contributed by atoms with Gasteiger partial charge in [-0.05, 0) is 23.8 Å². The summed E-state index contributed by atoms with van der Waals surface area (Å²) in [7, 11) is 6.94. The molecule has 0 aliphatic rings. The van der Waals surface area contributed by atoms with E-state index in [4.69, 9.17) is 18.9 Å². The van der Waals surface area contributed by atoms with E-state index in [0.29, 0.717) is 28.6 Å². The second kappa shape index (κ2) is 9.87. The van der Waals surface area contributed by atoms with Crippen LogP contribution in [0.5, 0.6) is 23.0 Å². The first-order chi connectivity index (χ1) is 13.1. The zero-order valence-electron chi connectivity index (χ0n) is 16.2. The fourth-order valence-electron chi connectivity index (χ4n) is 2.59. The Bertz CT molecular complexity index is 810. The van der Waals surface area contributed by atoms with Gasteiger partial charge in [0.1, 0.15) is 23.0 Å². The molecule has 7 heteroatoms. The molecule has 2 aromatic carbocycles. The number of rotatable bonds is 9. The van der Waals surface area contributed by atoms with Gasteiger partial charge in [0, 0.05) is 24.6 Å². The van der Waals surface area contributed by atoms with Crippen molar-refractivity contribution in [3.8, 4) is 23.0 Å². The summed E-state index contributed by atoms with van der Waals surface area (Å²) in [6, 6.07) is 9.21. The molecule has 146 valence electrons. The van der Waals surface area contributed by atoms with Gasteiger partial charge >= 0.3 is 0 Å². The Morgan fingerprint density at radius 3 is 2.07 bits per heavy atom. The van der Waals surface area contributed by atoms with Gasteiger partial charge in [0.25, 0.3) is 0 Å². The molecule has 0 aliphatic carbocycles. The van der Waals surface area contributed by atoms with Crippen LogP contribution in [0.2, 0.25) is 0 Å². The Hall–Kier alpha value is -2.67. The summed E-state index contributed by atoms with van der Waals surface area (Å²) in [5.41, 5.74) is 2.51. The van der Waals surface area contributed by atoms with E-state index in [1.807, 2.05) is 25.2 Å². The van der Waals surface area contributed by atoms with Crippen LogP contribution in [0.1, 0.15) is 11.1 Å². The lowest BCUT2D eigenvalue weighted by atomic mass is 10.1. The van der Waals surface area contributed by atoms with E-state index >= 15 is 0 Å². The molecule has 2 aromatic rings. The highest BCUT2D eigenvalue weighted by molar-refractivity contribution is 7.87. The fourth-order valence-corrected chi connectivity index (χ4v) is 3.49. The highest BCUT2D eigenvalue weighted by Crippen LogP contribution is 2.35. The first-order valence-corrected chi connectivity index (χ1v) is 9.64. The van der Waals surface area contributed by atoms with Crippen molar-refractivity contribution in [1.29, 1.82) is 0 Å². The fraction of sp³-hybridized carbons (Fsp3) is 0.300. The van der Waals surface area contributed by atoms with E-state index in [2.05, 4.69) is 5.32 Å². The predicted molar refractivity (Wildman–Crippen MR) is 110 cm³/mol. The Balaban J connectivity index is 2.22. The Morgan fingerprint density at radius 2 is 1.56 bits per heavy atom. The molecule has 0 saturated carbocycles. The number of anilines is 1. The Labute approximate surface area is 162 Å². The van der Waals surface area contributed by atoms with Crippen LogP contribution in [-0.4, -0.2) is 39.7 Å². The third-order valence-electron chi connectivity index (χ3n) is 3.98. The maximum Gasteiger partial charge on any atom is 0.141 e. The molecule has 27 heavy (non-hydrogen) atoms. The summed E-state index contributed by atoms with van der Waals surface area (Å²) in [4.78, 5) is 0. The van der Waals surface area contributed by atoms with Gasteiger partial charge in [0.2, 0.25) is 0 Å². The zero-order valence-corrected chi connectivity index (χ0v) is 17.0. The van der Waals surface area contributed by atoms with Crippen molar-refractivity contribution in [2.75, 3.05) is 40.8 Å². The molecule has 0 amide bonds. The van der Waals surface area contributed by atoms with Crippen LogP contribution in [0.25, 0.3) is 6.08 Å². The molecule has 0 aromatic heterocycles. The van der Waals surface area contributed by atoms with Crippen molar-refractivity contribution in [2.24, 2.45) is 0 Å². The monoisotopic (exact) mass is 391 g/mol. The van der Waals surface area contributed by atoms with Gasteiger partial charge in [-0.2, -0.15) is 0 Å². The van der Waals surface area contributed by atoms with E-state index in [-0.39, 0.29) is 0 Å². The third-order valence-corrected chi connectivity index (χ3v) is 5.04. The highest BCUT2D eigenvalue weighted by Gasteiger charge is 2.11. The topological polar surface area (TPSA) is 66.0 Å². The van der Waals surface area contributed by atoms with Crippen LogP contribution in [-0.2, 0) is 16.6 Å². The zero-order chi connectivity index (χ0) is 19.8. The first-order valence-electron chi connectivity index (χ1n) is 8.26. The van der Waals surface area contributed by atoms with Crippen LogP contribution >= 0.6 is 0 Å². The molecular weight excluding hydrogens is 366 g/mol. The van der Waals surface area contributed by atoms with Crippen LogP contribution < -0.4 is 24.3 Å². The quantitative estimate of drug-likeness (QED) is 0.703. The van der Waals surface area contributed by atoms with Crippen LogP contribution in [0.3, 0.4) is 0 Å². The minimum atomic E-state index is -1.21. The molecular formula is C20H25NO5S. The minimum Gasteiger partial charge on any atom is -0.496 e. The second-order valence-electron chi connectivity index (χ2n) is 5.56. The van der Waals surface area contributed by atoms with Gasteiger partial charge < -0.3 is 24.3 Å². The van der Waals surface area contributed by atoms with E-state index in [9.17, 15) is 4.21 Å². The summed E-state index contributed by atoms with van der Waals surface area (Å²) in [6.07, 6.45) is 1.75. The Morgan fingerprint density at radius 1 is 0.926 bits per heavy atom. The molecule has 0 aliphatic heterocycles. The van der Waals surface area contributed by atoms with Crippen molar-refractivity contribution >= 4 is 22.6 Å². The van der Waals surface area contributed by atoms with E-state index in [1.165, 1.54) is 0 Å². The number of hydrogen-bond donors (Lipinski definition) is 1. The van der Waals surface area contributed by atoms with Gasteiger partial charge in [0.05, 0.1) is 56.2 Å². The number of ether oxygens (including phenoxy) is 4. The molecule has 0 fully saturated rings. The van der Waals surface area contributed by atoms with E-state index in [1.54, 1.807) is 52.1 Å². The van der Waals surface area contributed by atoms with Gasteiger partial charge in [-0.3, -0.25) is 4.21 Å². The average Bonchev–Trinajstić information content (AvgIpc) is 2.71. The lowest BCUT2D eigenvalue weighted by Crippen LogP contribution is -1.98. The summed E-state index contributed by atoms with van der Waals surface area (Å²) in [6.45, 7) is 0. The second-order valence-corrected chi connectivity index (χ2v) is 6.88. The van der Waals surface area contributed by atoms with Crippen LogP contribution in [0, 0.1) is 0 Å². The maximum atomic E-state index is 12.5. The number of benzene rings is 2. The van der Waals surface area contributed by atoms with Crippen molar-refractivity contribution in [3.05, 3.63) is 46.9 Å². The third kappa shape index (κ3) is 5.17. The van der Waals surface area contributed by atoms with Gasteiger partial charge in [-0.1, -0.05) is 6.07 Å². The smallest absolute Gasteiger partial charge is 0.141 e. The van der Waals surface area contributed by atoms with Gasteiger partial charge in [-0.15, -0.1) is 0 Å². The maximum absolute atomic E-state index is 12.5. The summed E-state index contributed by atoms with van der Waals surface area (Å²) in [5, 5.41) is 4.71. The number of hydrogen-bond acceptors (Lipinski definition) is 6. The molecule has 0 bridgehead atoms. The normalized spacial score (nSPS) is 11.9. The summed E-state index contributed by atoms with van der Waals surface area (Å²) >= 11 is 0. The SMILES string of the molecule is CNc1cc(CS(=O)/C=C/c2c(OC)cc(OC)cc2OC)ccc1OC. The van der Waals surface area contributed by atoms with Crippen LogP contribution in [0.4, 0.5) is 5.69 Å². The van der Waals surface area contributed by atoms with Crippen LogP contribution in [0.15, 0.2) is 35.7 Å². The number of nitrogens with one attached hydrogen (secondary N) is 1. The largest absolute Gasteiger partial charge is 0.496 e. The average molecular weight is 391 g/mol. The molecule has 0 saturated heterocycles. The van der Waals surface area contributed by atoms with Gasteiger partial charge in [0.15, 0.2) is 0 Å². The predicted octanol–water partition coefficient (Wildman–Crippen LogP) is 3.68. The van der Waals surface area contributed by atoms with Crippen molar-refractivity contribution in [3.63, 3.8) is 0 Å². The summed E-state index contributed by atoms with van der Waals surface area (Å²) < 4.78 is 33.9. The van der Waals surface area contributed by atoms with Crippen molar-refractivity contribution < 1.29 is 23.2 Å². The molecule has 0 heterocycles. The van der Waals surface area contributed by atoms with Gasteiger partial charge in [-0.25, -0.2) is 0 Å². The minimum absolute atomic E-state index is 0.385. The van der Waals surface area contributed by atoms with Crippen molar-refractivity contribution in [2.45, 2.75) is 5.75 Å². The molecule has 0 spiro atoms. The number of methoxy groups -OCH3 is 4. The molecule has 2 rings (SSSR count). The molecule has 1 unspecified atom stereocenters. The Kier molecular flexibility index (Phi) is 7.55. The molecule has 1 N–H and O–H groups in total. The van der Waals surface area contributed by atoms with E-state index < -0.39 is 10.8 Å². The van der Waals surface area contributed by atoms with E-state index in [0.717, 1.165) is 17.0 Å². The molecule has 1 atom stereocenters. The first kappa shape index (κ1) is 20.6. The lowest BCUT2D eigenvalue weighted by molar-refractivity contribution is 0.374. The van der Waals surface area contributed by atoms with Crippen molar-refractivity contribution in [1.82, 2.24) is 0 Å². The molecule has 0 radical (unpaired) electrons.